The van der Waals surface area contributed by atoms with Crippen LogP contribution in [0.15, 0.2) is 71.7 Å². The van der Waals surface area contributed by atoms with E-state index < -0.39 is 77.2 Å². The Kier molecular flexibility index (Phi) is 32.4. The molecule has 0 unspecified atom stereocenters. The molecule has 0 aromatic heterocycles. The van der Waals surface area contributed by atoms with Gasteiger partial charge in [0.1, 0.15) is 29.2 Å². The molecule has 2 atom stereocenters. The molecule has 1 saturated heterocycles. The normalized spacial score (nSPS) is 14.8. The molecule has 0 saturated carbocycles. The quantitative estimate of drug-likeness (QED) is 0.0225. The van der Waals surface area contributed by atoms with Crippen LogP contribution < -0.4 is 47.7 Å². The molecule has 4 rings (SSSR count). The first-order valence-corrected chi connectivity index (χ1v) is 29.0. The lowest BCUT2D eigenvalue weighted by molar-refractivity contribution is -0.140. The molecular formula is C58H85F2N13O13. The predicted molar refractivity (Wildman–Crippen MR) is 315 cm³/mol. The maximum absolute atomic E-state index is 14.7. The van der Waals surface area contributed by atoms with Crippen molar-refractivity contribution in [1.82, 2.24) is 56.8 Å². The van der Waals surface area contributed by atoms with Crippen molar-refractivity contribution in [2.24, 2.45) is 10.7 Å². The number of carboxylic acid groups (broad SMARTS) is 3. The Labute approximate surface area is 499 Å². The second kappa shape index (κ2) is 39.5. The van der Waals surface area contributed by atoms with E-state index in [1.807, 2.05) is 0 Å². The van der Waals surface area contributed by atoms with E-state index in [2.05, 4.69) is 47.1 Å². The summed E-state index contributed by atoms with van der Waals surface area (Å²) in [5, 5.41) is 57.6. The van der Waals surface area contributed by atoms with Crippen molar-refractivity contribution in [3.8, 4) is 11.5 Å². The van der Waals surface area contributed by atoms with Gasteiger partial charge in [0.15, 0.2) is 5.96 Å². The number of aromatic hydroxyl groups is 1. The number of nitrogens with one attached hydrogen (secondary N) is 7. The zero-order chi connectivity index (χ0) is 62.6. The minimum Gasteiger partial charge on any atom is -0.508 e. The average molecular weight is 1210 g/mol. The Morgan fingerprint density at radius 3 is 1.77 bits per heavy atom. The SMILES string of the molecule is CCC(=O)NCCNC(=O)/N=C(/N)NCCC[C@@H](NC(=O)[C@@H](c1ccccc1)c1cccc(OCCCCNC(=O)CCCCCNCN2CCN(CC(=O)O)CCN(CC(=O)O)CCN(CC(=O)O)CC2)c1)C(=O)NCc1c(F)cc(O)cc1F. The Hall–Kier alpha value is -8.05. The Balaban J connectivity index is 1.24. The van der Waals surface area contributed by atoms with Crippen molar-refractivity contribution >= 4 is 53.5 Å². The lowest BCUT2D eigenvalue weighted by Crippen LogP contribution is -2.49. The third-order valence-corrected chi connectivity index (χ3v) is 13.8. The van der Waals surface area contributed by atoms with Gasteiger partial charge in [0.2, 0.25) is 23.6 Å². The summed E-state index contributed by atoms with van der Waals surface area (Å²) in [7, 11) is 0. The molecule has 6 amide bonds. The van der Waals surface area contributed by atoms with Gasteiger partial charge in [0.05, 0.1) is 32.2 Å². The number of hydrogen-bond donors (Lipinski definition) is 12. The zero-order valence-corrected chi connectivity index (χ0v) is 48.8. The van der Waals surface area contributed by atoms with Crippen molar-refractivity contribution in [3.63, 3.8) is 0 Å². The van der Waals surface area contributed by atoms with Crippen molar-refractivity contribution in [3.05, 3.63) is 95.1 Å². The molecule has 3 aromatic carbocycles. The number of phenols is 1. The van der Waals surface area contributed by atoms with E-state index >= 15 is 0 Å². The van der Waals surface area contributed by atoms with Crippen LogP contribution in [0.25, 0.3) is 0 Å². The summed E-state index contributed by atoms with van der Waals surface area (Å²) in [6, 6.07) is 15.2. The predicted octanol–water partition coefficient (Wildman–Crippen LogP) is 1.38. The molecule has 1 heterocycles. The number of unbranched alkanes of at least 4 members (excludes halogenated alkanes) is 3. The number of aliphatic carboxylic acids is 3. The fourth-order valence-electron chi connectivity index (χ4n) is 9.18. The number of guanidine groups is 1. The van der Waals surface area contributed by atoms with Gasteiger partial charge in [0.25, 0.3) is 0 Å². The smallest absolute Gasteiger partial charge is 0.344 e. The first-order chi connectivity index (χ1) is 41.3. The highest BCUT2D eigenvalue weighted by Gasteiger charge is 2.29. The van der Waals surface area contributed by atoms with Crippen LogP contribution in [0.4, 0.5) is 13.6 Å². The Morgan fingerprint density at radius 1 is 0.605 bits per heavy atom. The molecule has 28 heteroatoms. The number of carboxylic acids is 3. The molecule has 1 aliphatic heterocycles. The van der Waals surface area contributed by atoms with Gasteiger partial charge in [-0.05, 0) is 68.3 Å². The second-order valence-corrected chi connectivity index (χ2v) is 20.6. The molecule has 26 nitrogen and oxygen atoms in total. The van der Waals surface area contributed by atoms with Crippen LogP contribution in [-0.2, 0) is 40.1 Å². The van der Waals surface area contributed by atoms with E-state index in [4.69, 9.17) is 10.5 Å². The summed E-state index contributed by atoms with van der Waals surface area (Å²) in [6.07, 6.45) is 4.35. The van der Waals surface area contributed by atoms with Crippen molar-refractivity contribution in [1.29, 1.82) is 0 Å². The largest absolute Gasteiger partial charge is 0.508 e. The Morgan fingerprint density at radius 2 is 1.16 bits per heavy atom. The molecule has 13 N–H and O–H groups in total. The first kappa shape index (κ1) is 70.4. The third-order valence-electron chi connectivity index (χ3n) is 13.8. The number of urea groups is 1. The second-order valence-electron chi connectivity index (χ2n) is 20.6. The van der Waals surface area contributed by atoms with Crippen molar-refractivity contribution in [2.45, 2.75) is 83.2 Å². The maximum Gasteiger partial charge on any atom is 0.344 e. The van der Waals surface area contributed by atoms with Crippen LogP contribution in [0.1, 0.15) is 87.3 Å². The molecule has 0 bridgehead atoms. The number of benzene rings is 3. The summed E-state index contributed by atoms with van der Waals surface area (Å²) in [5.41, 5.74) is 6.52. The third kappa shape index (κ3) is 28.7. The van der Waals surface area contributed by atoms with Gasteiger partial charge in [-0.25, -0.2) is 13.6 Å². The van der Waals surface area contributed by atoms with E-state index in [-0.39, 0.29) is 69.9 Å². The highest BCUT2D eigenvalue weighted by Crippen LogP contribution is 2.29. The summed E-state index contributed by atoms with van der Waals surface area (Å²) >= 11 is 0. The van der Waals surface area contributed by atoms with E-state index in [1.165, 1.54) is 0 Å². The lowest BCUT2D eigenvalue weighted by atomic mass is 9.90. The van der Waals surface area contributed by atoms with E-state index in [1.54, 1.807) is 76.2 Å². The van der Waals surface area contributed by atoms with Crippen LogP contribution in [0.3, 0.4) is 0 Å². The molecule has 0 spiro atoms. The summed E-state index contributed by atoms with van der Waals surface area (Å²) in [4.78, 5) is 110. The number of nitrogens with zero attached hydrogens (tertiary/aromatic N) is 5. The number of carbonyl (C=O) groups excluding carboxylic acids is 5. The van der Waals surface area contributed by atoms with Crippen LogP contribution in [0, 0.1) is 11.6 Å². The van der Waals surface area contributed by atoms with Crippen LogP contribution in [-0.4, -0.2) is 218 Å². The fraction of sp³-hybridized carbons (Fsp3) is 0.534. The topological polar surface area (TPSA) is 362 Å². The van der Waals surface area contributed by atoms with Crippen molar-refractivity contribution in [2.75, 3.05) is 118 Å². The Bertz CT molecular complexity index is 2620. The van der Waals surface area contributed by atoms with Crippen molar-refractivity contribution < 1.29 is 72.3 Å². The minimum atomic E-state index is -1.24. The number of aliphatic imine (C=N–C) groups is 1. The molecule has 3 aromatic rings. The molecule has 0 radical (unpaired) electrons. The highest BCUT2D eigenvalue weighted by molar-refractivity contribution is 5.93. The number of carbonyl (C=O) groups is 8. The van der Waals surface area contributed by atoms with Gasteiger partial charge in [-0.3, -0.25) is 53.2 Å². The number of hydrogen-bond acceptors (Lipinski definition) is 15. The van der Waals surface area contributed by atoms with Gasteiger partial charge in [-0.15, -0.1) is 0 Å². The summed E-state index contributed by atoms with van der Waals surface area (Å²) < 4.78 is 35.4. The molecule has 0 aliphatic carbocycles. The first-order valence-electron chi connectivity index (χ1n) is 29.0. The van der Waals surface area contributed by atoms with Gasteiger partial charge >= 0.3 is 23.9 Å². The van der Waals surface area contributed by atoms with Crippen LogP contribution >= 0.6 is 0 Å². The molecule has 474 valence electrons. The maximum atomic E-state index is 14.7. The lowest BCUT2D eigenvalue weighted by Gasteiger charge is -2.33. The van der Waals surface area contributed by atoms with E-state index in [0.29, 0.717) is 140 Å². The number of amides is 6. The van der Waals surface area contributed by atoms with E-state index in [0.717, 1.165) is 12.8 Å². The molecular weight excluding hydrogens is 1120 g/mol. The average Bonchev–Trinajstić information content (AvgIpc) is 3.21. The zero-order valence-electron chi connectivity index (χ0n) is 48.8. The van der Waals surface area contributed by atoms with E-state index in [9.17, 15) is 67.6 Å². The molecule has 1 fully saturated rings. The number of rotatable bonds is 35. The monoisotopic (exact) mass is 1210 g/mol. The van der Waals surface area contributed by atoms with Gasteiger partial charge in [-0.2, -0.15) is 4.99 Å². The van der Waals surface area contributed by atoms with Crippen LogP contribution in [0.5, 0.6) is 11.5 Å². The summed E-state index contributed by atoms with van der Waals surface area (Å²) in [5.74, 6) is -8.07. The highest BCUT2D eigenvalue weighted by atomic mass is 19.1. The number of phenolic OH excluding ortho intramolecular Hbond substituents is 1. The summed E-state index contributed by atoms with van der Waals surface area (Å²) in [6.45, 7) is 5.99. The van der Waals surface area contributed by atoms with Gasteiger partial charge < -0.3 is 68.1 Å². The molecule has 1 aliphatic rings. The minimum absolute atomic E-state index is 0.00488. The van der Waals surface area contributed by atoms with Gasteiger partial charge in [0, 0.05) is 122 Å². The molecule has 86 heavy (non-hydrogen) atoms. The fourth-order valence-corrected chi connectivity index (χ4v) is 9.18. The number of halogens is 2. The standard InChI is InChI=1S/C58H85F2N13O13/c1-2-49(75)64-22-23-66-58(85)69-57(61)65-21-12-17-48(55(83)67-36-45-46(59)34-43(74)35-47(45)60)68-56(84)54(41-13-5-3-6-14-41)42-15-11-16-44(33-42)86-32-10-9-20-63-50(76)18-7-4-8-19-62-40-73-30-28-71(38-52(79)80)26-24-70(37-51(77)78)25-27-72(29-31-73)39-53(81)82/h3,5-6,11,13-16,33-35,48,54,62,74H,2,4,7-10,12,17-32,36-40H2,1H3,(H,63,76)(H,64,75)(H,67,83)(H,68,84)(H,77,78)(H,79,80)(H,81,82)(H4,61,65,66,69,85)/t48-,54+/m1/s1. The number of nitrogens with two attached hydrogens (primary N) is 1. The number of ether oxygens (including phenoxy) is 1. The van der Waals surface area contributed by atoms with Gasteiger partial charge in [-0.1, -0.05) is 55.8 Å². The van der Waals surface area contributed by atoms with Crippen LogP contribution in [0.2, 0.25) is 0 Å².